The molecule has 7 nitrogen and oxygen atoms in total. The number of aliphatic carboxylic acids is 2. The highest BCUT2D eigenvalue weighted by atomic mass is 16.4. The van der Waals surface area contributed by atoms with Crippen molar-refractivity contribution < 1.29 is 24.6 Å². The summed E-state index contributed by atoms with van der Waals surface area (Å²) in [5, 5.41) is 19.3. The molecule has 0 saturated carbocycles. The lowest BCUT2D eigenvalue weighted by atomic mass is 9.87. The van der Waals surface area contributed by atoms with E-state index >= 15 is 0 Å². The molecule has 0 fully saturated rings. The van der Waals surface area contributed by atoms with Gasteiger partial charge in [0.2, 0.25) is 5.91 Å². The standard InChI is InChI=1S/C10H18N2O5/c1-10(2,3)7(11)8(15)12-5(9(16)17)4-6(13)14/h5,7H,4,11H2,1-3H3,(H,12,15)(H,13,14)(H,16,17)/t5?,7-/m0/s1. The minimum absolute atomic E-state index is 0.531. The summed E-state index contributed by atoms with van der Waals surface area (Å²) in [5.41, 5.74) is 5.09. The molecule has 0 aliphatic rings. The van der Waals surface area contributed by atoms with E-state index < -0.39 is 41.8 Å². The van der Waals surface area contributed by atoms with Crippen molar-refractivity contribution in [2.45, 2.75) is 39.3 Å². The summed E-state index contributed by atoms with van der Waals surface area (Å²) in [4.78, 5) is 32.7. The number of carbonyl (C=O) groups is 3. The largest absolute Gasteiger partial charge is 0.481 e. The first kappa shape index (κ1) is 15.4. The second-order valence-corrected chi connectivity index (χ2v) is 4.84. The average molecular weight is 246 g/mol. The van der Waals surface area contributed by atoms with Gasteiger partial charge in [-0.05, 0) is 5.41 Å². The van der Waals surface area contributed by atoms with Crippen molar-refractivity contribution in [1.82, 2.24) is 5.32 Å². The predicted octanol–water partition coefficient (Wildman–Crippen LogP) is -0.596. The van der Waals surface area contributed by atoms with Gasteiger partial charge in [0.1, 0.15) is 6.04 Å². The number of nitrogens with one attached hydrogen (secondary N) is 1. The number of hydrogen-bond donors (Lipinski definition) is 4. The number of carbonyl (C=O) groups excluding carboxylic acids is 1. The molecule has 5 N–H and O–H groups in total. The van der Waals surface area contributed by atoms with Crippen LogP contribution in [0.3, 0.4) is 0 Å². The Kier molecular flexibility index (Phi) is 5.09. The zero-order chi connectivity index (χ0) is 13.8. The molecule has 0 aliphatic carbocycles. The molecule has 0 heterocycles. The third-order valence-electron chi connectivity index (χ3n) is 2.21. The van der Waals surface area contributed by atoms with Crippen molar-refractivity contribution in [3.8, 4) is 0 Å². The lowest BCUT2D eigenvalue weighted by Gasteiger charge is -2.27. The van der Waals surface area contributed by atoms with Gasteiger partial charge in [0.25, 0.3) is 0 Å². The van der Waals surface area contributed by atoms with E-state index in [1.165, 1.54) is 0 Å². The highest BCUT2D eigenvalue weighted by Gasteiger charge is 2.31. The maximum absolute atomic E-state index is 11.6. The van der Waals surface area contributed by atoms with Crippen LogP contribution < -0.4 is 11.1 Å². The Hall–Kier alpha value is -1.63. The number of nitrogens with two attached hydrogens (primary N) is 1. The van der Waals surface area contributed by atoms with Crippen LogP contribution in [0.15, 0.2) is 0 Å². The van der Waals surface area contributed by atoms with Gasteiger partial charge >= 0.3 is 11.9 Å². The van der Waals surface area contributed by atoms with E-state index in [0.29, 0.717) is 0 Å². The number of carboxylic acid groups (broad SMARTS) is 2. The van der Waals surface area contributed by atoms with Crippen LogP contribution in [0.25, 0.3) is 0 Å². The zero-order valence-corrected chi connectivity index (χ0v) is 10.1. The Morgan fingerprint density at radius 3 is 2.00 bits per heavy atom. The Labute approximate surface area is 99.0 Å². The fourth-order valence-electron chi connectivity index (χ4n) is 1.03. The van der Waals surface area contributed by atoms with Gasteiger partial charge in [0.05, 0.1) is 12.5 Å². The number of carboxylic acids is 2. The van der Waals surface area contributed by atoms with Gasteiger partial charge in [-0.15, -0.1) is 0 Å². The summed E-state index contributed by atoms with van der Waals surface area (Å²) in [6.45, 7) is 5.18. The topological polar surface area (TPSA) is 130 Å². The maximum atomic E-state index is 11.6. The Bertz CT molecular complexity index is 321. The van der Waals surface area contributed by atoms with E-state index in [1.54, 1.807) is 20.8 Å². The molecule has 2 atom stereocenters. The summed E-state index contributed by atoms with van der Waals surface area (Å²) in [7, 11) is 0. The van der Waals surface area contributed by atoms with Crippen molar-refractivity contribution in [2.75, 3.05) is 0 Å². The molecule has 0 aromatic heterocycles. The van der Waals surface area contributed by atoms with Gasteiger partial charge in [-0.25, -0.2) is 4.79 Å². The summed E-state index contributed by atoms with van der Waals surface area (Å²) in [6, 6.07) is -2.37. The number of hydrogen-bond acceptors (Lipinski definition) is 4. The summed E-state index contributed by atoms with van der Waals surface area (Å²) in [6.07, 6.45) is -0.683. The first-order chi connectivity index (χ1) is 7.55. The molecular weight excluding hydrogens is 228 g/mol. The quantitative estimate of drug-likeness (QED) is 0.512. The molecule has 17 heavy (non-hydrogen) atoms. The highest BCUT2D eigenvalue weighted by Crippen LogP contribution is 2.17. The van der Waals surface area contributed by atoms with Crippen molar-refractivity contribution >= 4 is 17.8 Å². The molecule has 0 radical (unpaired) electrons. The first-order valence-electron chi connectivity index (χ1n) is 5.06. The Balaban J connectivity index is 4.62. The van der Waals surface area contributed by atoms with E-state index in [4.69, 9.17) is 15.9 Å². The van der Waals surface area contributed by atoms with Gasteiger partial charge in [-0.3, -0.25) is 9.59 Å². The minimum Gasteiger partial charge on any atom is -0.481 e. The van der Waals surface area contributed by atoms with Gasteiger partial charge in [0, 0.05) is 0 Å². The molecule has 0 bridgehead atoms. The van der Waals surface area contributed by atoms with E-state index in [-0.39, 0.29) is 0 Å². The van der Waals surface area contributed by atoms with E-state index in [2.05, 4.69) is 5.32 Å². The van der Waals surface area contributed by atoms with Crippen LogP contribution in [0.5, 0.6) is 0 Å². The monoisotopic (exact) mass is 246 g/mol. The van der Waals surface area contributed by atoms with Crippen molar-refractivity contribution in [3.05, 3.63) is 0 Å². The van der Waals surface area contributed by atoms with Crippen LogP contribution in [-0.4, -0.2) is 40.1 Å². The van der Waals surface area contributed by atoms with Crippen LogP contribution in [0.4, 0.5) is 0 Å². The fourth-order valence-corrected chi connectivity index (χ4v) is 1.03. The van der Waals surface area contributed by atoms with Crippen LogP contribution in [0.1, 0.15) is 27.2 Å². The minimum atomic E-state index is -1.46. The molecule has 7 heteroatoms. The molecule has 0 aliphatic heterocycles. The Morgan fingerprint density at radius 2 is 1.71 bits per heavy atom. The normalized spacial score (nSPS) is 14.8. The van der Waals surface area contributed by atoms with Gasteiger partial charge < -0.3 is 21.3 Å². The van der Waals surface area contributed by atoms with Crippen LogP contribution >= 0.6 is 0 Å². The molecule has 1 unspecified atom stereocenters. The number of amides is 1. The van der Waals surface area contributed by atoms with E-state index in [0.717, 1.165) is 0 Å². The Morgan fingerprint density at radius 1 is 1.24 bits per heavy atom. The molecule has 0 spiro atoms. The van der Waals surface area contributed by atoms with Gasteiger partial charge in [0.15, 0.2) is 0 Å². The van der Waals surface area contributed by atoms with Crippen molar-refractivity contribution in [2.24, 2.45) is 11.1 Å². The van der Waals surface area contributed by atoms with E-state index in [1.807, 2.05) is 0 Å². The van der Waals surface area contributed by atoms with Crippen LogP contribution in [0, 0.1) is 5.41 Å². The molecular formula is C10H18N2O5. The second kappa shape index (κ2) is 5.62. The predicted molar refractivity (Wildman–Crippen MR) is 59.2 cm³/mol. The zero-order valence-electron chi connectivity index (χ0n) is 10.1. The molecule has 0 aromatic carbocycles. The van der Waals surface area contributed by atoms with Crippen molar-refractivity contribution in [3.63, 3.8) is 0 Å². The van der Waals surface area contributed by atoms with Gasteiger partial charge in [-0.2, -0.15) is 0 Å². The third kappa shape index (κ3) is 5.30. The smallest absolute Gasteiger partial charge is 0.326 e. The number of rotatable bonds is 5. The van der Waals surface area contributed by atoms with Crippen molar-refractivity contribution in [1.29, 1.82) is 0 Å². The molecule has 0 rings (SSSR count). The summed E-state index contributed by atoms with van der Waals surface area (Å²) < 4.78 is 0. The van der Waals surface area contributed by atoms with Gasteiger partial charge in [-0.1, -0.05) is 20.8 Å². The SMILES string of the molecule is CC(C)(C)[C@@H](N)C(=O)NC(CC(=O)O)C(=O)O. The lowest BCUT2D eigenvalue weighted by Crippen LogP contribution is -2.53. The summed E-state index contributed by atoms with van der Waals surface area (Å²) >= 11 is 0. The van der Waals surface area contributed by atoms with E-state index in [9.17, 15) is 14.4 Å². The first-order valence-corrected chi connectivity index (χ1v) is 5.06. The molecule has 0 aromatic rings. The second-order valence-electron chi connectivity index (χ2n) is 4.84. The average Bonchev–Trinajstić information content (AvgIpc) is 2.13. The van der Waals surface area contributed by atoms with Crippen LogP contribution in [0.2, 0.25) is 0 Å². The highest BCUT2D eigenvalue weighted by molar-refractivity contribution is 5.89. The molecule has 98 valence electrons. The lowest BCUT2D eigenvalue weighted by molar-refractivity contribution is -0.147. The van der Waals surface area contributed by atoms with Crippen LogP contribution in [-0.2, 0) is 14.4 Å². The third-order valence-corrected chi connectivity index (χ3v) is 2.21. The maximum Gasteiger partial charge on any atom is 0.326 e. The summed E-state index contributed by atoms with van der Waals surface area (Å²) in [5.74, 6) is -3.38. The molecule has 0 saturated heterocycles. The molecule has 1 amide bonds. The fraction of sp³-hybridized carbons (Fsp3) is 0.700.